The van der Waals surface area contributed by atoms with Gasteiger partial charge in [0.2, 0.25) is 0 Å². The van der Waals surface area contributed by atoms with Crippen molar-refractivity contribution < 1.29 is 0 Å². The standard InChI is InChI=1S/C15H28N2/c1-15(7-2-3-8-15)11-17-13-5-4-6-14(17)10-12(16)9-13/h12-14H,2-11,16H2,1H3. The van der Waals surface area contributed by atoms with Crippen molar-refractivity contribution in [2.24, 2.45) is 11.1 Å². The third-order valence-electron chi connectivity index (χ3n) is 5.54. The summed E-state index contributed by atoms with van der Waals surface area (Å²) in [6.07, 6.45) is 12.6. The second-order valence-electron chi connectivity index (χ2n) is 7.16. The molecule has 3 aliphatic rings. The molecule has 2 heterocycles. The molecule has 0 spiro atoms. The van der Waals surface area contributed by atoms with Gasteiger partial charge in [-0.2, -0.15) is 0 Å². The van der Waals surface area contributed by atoms with Crippen molar-refractivity contribution in [2.45, 2.75) is 82.8 Å². The number of fused-ring (bicyclic) bond motifs is 2. The summed E-state index contributed by atoms with van der Waals surface area (Å²) in [7, 11) is 0. The Bertz CT molecular complexity index is 256. The molecule has 0 amide bonds. The molecule has 1 saturated carbocycles. The normalized spacial score (nSPS) is 41.6. The first-order valence-electron chi connectivity index (χ1n) is 7.68. The van der Waals surface area contributed by atoms with Crippen LogP contribution in [0.4, 0.5) is 0 Å². The predicted molar refractivity (Wildman–Crippen MR) is 71.9 cm³/mol. The Kier molecular flexibility index (Phi) is 3.20. The van der Waals surface area contributed by atoms with Crippen LogP contribution in [0.15, 0.2) is 0 Å². The minimum Gasteiger partial charge on any atom is -0.328 e. The van der Waals surface area contributed by atoms with Crippen LogP contribution in [0.2, 0.25) is 0 Å². The van der Waals surface area contributed by atoms with Crippen molar-refractivity contribution in [3.63, 3.8) is 0 Å². The van der Waals surface area contributed by atoms with Crippen LogP contribution >= 0.6 is 0 Å². The van der Waals surface area contributed by atoms with Crippen molar-refractivity contribution in [1.82, 2.24) is 4.90 Å². The van der Waals surface area contributed by atoms with E-state index < -0.39 is 0 Å². The lowest BCUT2D eigenvalue weighted by molar-refractivity contribution is 0.000544. The minimum absolute atomic E-state index is 0.484. The lowest BCUT2D eigenvalue weighted by Crippen LogP contribution is -2.57. The third kappa shape index (κ3) is 2.39. The zero-order valence-electron chi connectivity index (χ0n) is 11.3. The smallest absolute Gasteiger partial charge is 0.0113 e. The maximum absolute atomic E-state index is 6.20. The fourth-order valence-electron chi connectivity index (χ4n) is 4.61. The Morgan fingerprint density at radius 1 is 1.06 bits per heavy atom. The summed E-state index contributed by atoms with van der Waals surface area (Å²) in [5, 5.41) is 0. The summed E-state index contributed by atoms with van der Waals surface area (Å²) in [6, 6.07) is 2.11. The molecule has 2 unspecified atom stereocenters. The van der Waals surface area contributed by atoms with Crippen molar-refractivity contribution in [2.75, 3.05) is 6.54 Å². The first kappa shape index (κ1) is 12.0. The van der Waals surface area contributed by atoms with Crippen molar-refractivity contribution >= 4 is 0 Å². The molecular weight excluding hydrogens is 208 g/mol. The molecule has 3 fully saturated rings. The summed E-state index contributed by atoms with van der Waals surface area (Å²) >= 11 is 0. The Morgan fingerprint density at radius 2 is 1.65 bits per heavy atom. The zero-order valence-corrected chi connectivity index (χ0v) is 11.3. The fraction of sp³-hybridized carbons (Fsp3) is 1.00. The van der Waals surface area contributed by atoms with Crippen LogP contribution in [0.1, 0.15) is 64.7 Å². The van der Waals surface area contributed by atoms with Crippen LogP contribution in [-0.4, -0.2) is 29.6 Å². The van der Waals surface area contributed by atoms with Gasteiger partial charge in [0, 0.05) is 24.7 Å². The number of piperidine rings is 2. The number of rotatable bonds is 2. The molecule has 17 heavy (non-hydrogen) atoms. The number of hydrogen-bond donors (Lipinski definition) is 1. The highest BCUT2D eigenvalue weighted by Gasteiger charge is 2.41. The molecule has 0 aromatic carbocycles. The molecule has 1 aliphatic carbocycles. The monoisotopic (exact) mass is 236 g/mol. The van der Waals surface area contributed by atoms with Crippen LogP contribution in [0.3, 0.4) is 0 Å². The maximum Gasteiger partial charge on any atom is 0.0113 e. The number of nitrogens with zero attached hydrogens (tertiary/aromatic N) is 1. The van der Waals surface area contributed by atoms with Gasteiger partial charge in [0.05, 0.1) is 0 Å². The second kappa shape index (κ2) is 4.55. The summed E-state index contributed by atoms with van der Waals surface area (Å²) in [5.74, 6) is 0. The van der Waals surface area contributed by atoms with Crippen LogP contribution < -0.4 is 5.73 Å². The van der Waals surface area contributed by atoms with Gasteiger partial charge in [-0.15, -0.1) is 0 Å². The summed E-state index contributed by atoms with van der Waals surface area (Å²) in [5.41, 5.74) is 6.82. The van der Waals surface area contributed by atoms with Gasteiger partial charge in [0.15, 0.2) is 0 Å². The van der Waals surface area contributed by atoms with E-state index in [0.717, 1.165) is 12.1 Å². The molecule has 2 heteroatoms. The average Bonchev–Trinajstić information content (AvgIpc) is 2.67. The molecule has 2 nitrogen and oxygen atoms in total. The van der Waals surface area contributed by atoms with Gasteiger partial charge >= 0.3 is 0 Å². The summed E-state index contributed by atoms with van der Waals surface area (Å²) < 4.78 is 0. The number of nitrogens with two attached hydrogens (primary N) is 1. The Hall–Kier alpha value is -0.0800. The molecule has 3 rings (SSSR count). The van der Waals surface area contributed by atoms with Crippen molar-refractivity contribution in [3.8, 4) is 0 Å². The zero-order chi connectivity index (χ0) is 11.9. The highest BCUT2D eigenvalue weighted by molar-refractivity contribution is 4.97. The molecule has 2 aliphatic heterocycles. The Labute approximate surface area is 106 Å². The highest BCUT2D eigenvalue weighted by atomic mass is 15.2. The van der Waals surface area contributed by atoms with Gasteiger partial charge in [-0.05, 0) is 43.9 Å². The van der Waals surface area contributed by atoms with E-state index in [2.05, 4.69) is 11.8 Å². The summed E-state index contributed by atoms with van der Waals surface area (Å²) in [6.45, 7) is 3.87. The fourth-order valence-corrected chi connectivity index (χ4v) is 4.61. The van der Waals surface area contributed by atoms with Gasteiger partial charge in [-0.1, -0.05) is 26.2 Å². The number of hydrogen-bond acceptors (Lipinski definition) is 2. The highest BCUT2D eigenvalue weighted by Crippen LogP contribution is 2.42. The topological polar surface area (TPSA) is 29.3 Å². The average molecular weight is 236 g/mol. The predicted octanol–water partition coefficient (Wildman–Crippen LogP) is 2.91. The first-order chi connectivity index (χ1) is 8.16. The van der Waals surface area contributed by atoms with Gasteiger partial charge in [-0.25, -0.2) is 0 Å². The van der Waals surface area contributed by atoms with Gasteiger partial charge in [0.1, 0.15) is 0 Å². The molecule has 0 aromatic rings. The van der Waals surface area contributed by atoms with Gasteiger partial charge in [-0.3, -0.25) is 4.90 Å². The first-order valence-corrected chi connectivity index (χ1v) is 7.68. The minimum atomic E-state index is 0.484. The molecule has 2 N–H and O–H groups in total. The van der Waals surface area contributed by atoms with E-state index >= 15 is 0 Å². The molecule has 2 saturated heterocycles. The van der Waals surface area contributed by atoms with Crippen LogP contribution in [0, 0.1) is 5.41 Å². The molecule has 2 atom stereocenters. The van der Waals surface area contributed by atoms with Crippen molar-refractivity contribution in [1.29, 1.82) is 0 Å². The lowest BCUT2D eigenvalue weighted by atomic mass is 9.79. The quantitative estimate of drug-likeness (QED) is 0.799. The van der Waals surface area contributed by atoms with E-state index in [1.807, 2.05) is 0 Å². The van der Waals surface area contributed by atoms with E-state index in [0.29, 0.717) is 11.5 Å². The van der Waals surface area contributed by atoms with Crippen molar-refractivity contribution in [3.05, 3.63) is 0 Å². The molecule has 98 valence electrons. The Morgan fingerprint density at radius 3 is 2.24 bits per heavy atom. The lowest BCUT2D eigenvalue weighted by Gasteiger charge is -2.50. The second-order valence-corrected chi connectivity index (χ2v) is 7.16. The van der Waals surface area contributed by atoms with Crippen LogP contribution in [0.5, 0.6) is 0 Å². The largest absolute Gasteiger partial charge is 0.328 e. The van der Waals surface area contributed by atoms with Crippen LogP contribution in [-0.2, 0) is 0 Å². The molecule has 2 bridgehead atoms. The summed E-state index contributed by atoms with van der Waals surface area (Å²) in [4.78, 5) is 2.86. The van der Waals surface area contributed by atoms with Gasteiger partial charge < -0.3 is 5.73 Å². The molecular formula is C15H28N2. The van der Waals surface area contributed by atoms with Gasteiger partial charge in [0.25, 0.3) is 0 Å². The SMILES string of the molecule is CC1(CN2C3CCCC2CC(N)C3)CCCC1. The maximum atomic E-state index is 6.20. The van der Waals surface area contributed by atoms with Crippen LogP contribution in [0.25, 0.3) is 0 Å². The molecule has 0 radical (unpaired) electrons. The van der Waals surface area contributed by atoms with E-state index in [1.165, 1.54) is 64.3 Å². The third-order valence-corrected chi connectivity index (χ3v) is 5.54. The van der Waals surface area contributed by atoms with E-state index in [1.54, 1.807) is 0 Å². The van der Waals surface area contributed by atoms with E-state index in [9.17, 15) is 0 Å². The van der Waals surface area contributed by atoms with E-state index in [-0.39, 0.29) is 0 Å². The molecule has 0 aromatic heterocycles. The Balaban J connectivity index is 1.69. The van der Waals surface area contributed by atoms with E-state index in [4.69, 9.17) is 5.73 Å².